The molecule has 31 heavy (non-hydrogen) atoms. The van der Waals surface area contributed by atoms with Crippen molar-refractivity contribution >= 4 is 11.9 Å². The van der Waals surface area contributed by atoms with Gasteiger partial charge in [0.15, 0.2) is 5.41 Å². The van der Waals surface area contributed by atoms with Crippen molar-refractivity contribution < 1.29 is 46.8 Å². The Morgan fingerprint density at radius 2 is 1.39 bits per heavy atom. The number of rotatable bonds is 4. The largest absolute Gasteiger partial charge is 0.462 e. The normalized spacial score (nSPS) is 27.5. The molecular weight excluding hydrogens is 424 g/mol. The number of carbonyl (C=O) groups excluding carboxylic acids is 2. The van der Waals surface area contributed by atoms with Gasteiger partial charge < -0.3 is 19.7 Å². The molecule has 0 spiro atoms. The summed E-state index contributed by atoms with van der Waals surface area (Å²) in [7, 11) is 0. The third-order valence-electron chi connectivity index (χ3n) is 5.50. The zero-order chi connectivity index (χ0) is 24.0. The number of aliphatic hydroxyl groups excluding tert-OH is 2. The van der Waals surface area contributed by atoms with Crippen LogP contribution in [0.4, 0.5) is 17.6 Å². The summed E-state index contributed by atoms with van der Waals surface area (Å²) in [6.45, 7) is 3.91. The molecule has 0 heterocycles. The van der Waals surface area contributed by atoms with Gasteiger partial charge in [0.2, 0.25) is 5.67 Å². The van der Waals surface area contributed by atoms with E-state index in [1.54, 1.807) is 0 Å². The van der Waals surface area contributed by atoms with Crippen LogP contribution in [0.3, 0.4) is 0 Å². The predicted octanol–water partition coefficient (Wildman–Crippen LogP) is 4.00. The van der Waals surface area contributed by atoms with E-state index in [0.717, 1.165) is 40.5 Å². The van der Waals surface area contributed by atoms with Crippen LogP contribution in [0.25, 0.3) is 0 Å². The summed E-state index contributed by atoms with van der Waals surface area (Å²) in [6, 6.07) is 0. The highest BCUT2D eigenvalue weighted by atomic mass is 19.4. The Kier molecular flexibility index (Phi) is 9.74. The highest BCUT2D eigenvalue weighted by Crippen LogP contribution is 2.39. The van der Waals surface area contributed by atoms with Crippen molar-refractivity contribution in [3.63, 3.8) is 0 Å². The Balaban J connectivity index is 0.000000316. The van der Waals surface area contributed by atoms with Gasteiger partial charge in [-0.05, 0) is 66.2 Å². The molecule has 10 heteroatoms. The average molecular weight is 458 g/mol. The van der Waals surface area contributed by atoms with Gasteiger partial charge in [-0.3, -0.25) is 4.79 Å². The van der Waals surface area contributed by atoms with E-state index < -0.39 is 53.6 Å². The van der Waals surface area contributed by atoms with Crippen LogP contribution >= 0.6 is 0 Å². The maximum Gasteiger partial charge on any atom is 0.404 e. The molecule has 2 fully saturated rings. The first-order chi connectivity index (χ1) is 14.1. The van der Waals surface area contributed by atoms with Gasteiger partial charge in [-0.1, -0.05) is 6.42 Å². The molecule has 182 valence electrons. The second kappa shape index (κ2) is 10.9. The van der Waals surface area contributed by atoms with Crippen LogP contribution in [-0.2, 0) is 19.1 Å². The van der Waals surface area contributed by atoms with E-state index in [-0.39, 0.29) is 6.42 Å². The maximum absolute atomic E-state index is 13.1. The number of hydrogen-bond acceptors (Lipinski definition) is 6. The SMILES string of the molecule is CC(C)(C(=O)OC1CCCC(O)C1)C(F)(F)F.CC(C)(F)C(=O)OC1CCCCC1O. The minimum absolute atomic E-state index is 0.222. The van der Waals surface area contributed by atoms with Crippen molar-refractivity contribution in [2.24, 2.45) is 5.41 Å². The van der Waals surface area contributed by atoms with Gasteiger partial charge in [-0.2, -0.15) is 13.2 Å². The van der Waals surface area contributed by atoms with E-state index >= 15 is 0 Å². The Morgan fingerprint density at radius 1 is 0.806 bits per heavy atom. The van der Waals surface area contributed by atoms with Crippen LogP contribution in [0.1, 0.15) is 79.1 Å². The summed E-state index contributed by atoms with van der Waals surface area (Å²) in [5.74, 6) is -2.16. The number of carbonyl (C=O) groups is 2. The molecule has 0 bridgehead atoms. The highest BCUT2D eigenvalue weighted by molar-refractivity contribution is 5.78. The van der Waals surface area contributed by atoms with E-state index in [1.165, 1.54) is 0 Å². The van der Waals surface area contributed by atoms with Crippen molar-refractivity contribution in [2.45, 2.75) is 115 Å². The molecule has 2 aliphatic rings. The van der Waals surface area contributed by atoms with Gasteiger partial charge in [0, 0.05) is 6.42 Å². The van der Waals surface area contributed by atoms with Crippen molar-refractivity contribution in [3.05, 3.63) is 0 Å². The number of esters is 2. The predicted molar refractivity (Wildman–Crippen MR) is 104 cm³/mol. The van der Waals surface area contributed by atoms with Crippen LogP contribution in [0.2, 0.25) is 0 Å². The molecule has 0 aromatic carbocycles. The van der Waals surface area contributed by atoms with E-state index in [1.807, 2.05) is 0 Å². The number of halogens is 4. The molecule has 2 N–H and O–H groups in total. The third-order valence-corrected chi connectivity index (χ3v) is 5.50. The van der Waals surface area contributed by atoms with E-state index in [4.69, 9.17) is 9.47 Å². The number of alkyl halides is 4. The first-order valence-corrected chi connectivity index (χ1v) is 10.6. The summed E-state index contributed by atoms with van der Waals surface area (Å²) in [4.78, 5) is 22.6. The van der Waals surface area contributed by atoms with Gasteiger partial charge in [0.1, 0.15) is 12.2 Å². The Hall–Kier alpha value is -1.42. The minimum Gasteiger partial charge on any atom is -0.462 e. The molecule has 4 atom stereocenters. The van der Waals surface area contributed by atoms with E-state index in [0.29, 0.717) is 32.1 Å². The second-order valence-corrected chi connectivity index (χ2v) is 9.24. The smallest absolute Gasteiger partial charge is 0.404 e. The van der Waals surface area contributed by atoms with Gasteiger partial charge in [0.25, 0.3) is 0 Å². The first kappa shape index (κ1) is 27.6. The number of hydrogen-bond donors (Lipinski definition) is 2. The third kappa shape index (κ3) is 8.56. The first-order valence-electron chi connectivity index (χ1n) is 10.6. The van der Waals surface area contributed by atoms with Crippen LogP contribution < -0.4 is 0 Å². The lowest BCUT2D eigenvalue weighted by molar-refractivity contribution is -0.228. The lowest BCUT2D eigenvalue weighted by Gasteiger charge is -2.31. The molecule has 2 aliphatic carbocycles. The maximum atomic E-state index is 13.1. The molecular formula is C21H34F4O6. The Morgan fingerprint density at radius 3 is 1.87 bits per heavy atom. The Labute approximate surface area is 180 Å². The van der Waals surface area contributed by atoms with Crippen molar-refractivity contribution in [3.8, 4) is 0 Å². The molecule has 0 aromatic heterocycles. The summed E-state index contributed by atoms with van der Waals surface area (Å²) >= 11 is 0. The van der Waals surface area contributed by atoms with Crippen LogP contribution in [0.15, 0.2) is 0 Å². The van der Waals surface area contributed by atoms with Crippen molar-refractivity contribution in [1.82, 2.24) is 0 Å². The fraction of sp³-hybridized carbons (Fsp3) is 0.905. The van der Waals surface area contributed by atoms with E-state index in [9.17, 15) is 37.4 Å². The van der Waals surface area contributed by atoms with Crippen LogP contribution in [0, 0.1) is 5.41 Å². The summed E-state index contributed by atoms with van der Waals surface area (Å²) < 4.78 is 60.5. The molecule has 4 unspecified atom stereocenters. The van der Waals surface area contributed by atoms with E-state index in [2.05, 4.69) is 0 Å². The fourth-order valence-corrected chi connectivity index (χ4v) is 3.13. The topological polar surface area (TPSA) is 93.1 Å². The second-order valence-electron chi connectivity index (χ2n) is 9.24. The molecule has 0 amide bonds. The average Bonchev–Trinajstić information content (AvgIpc) is 2.62. The standard InChI is InChI=1S/C11H17F3O3.C10H17FO3/c1-10(2,11(12,13)14)9(16)17-8-5-3-4-7(15)6-8;1-10(2,11)9(13)14-8-6-4-3-5-7(8)12/h7-8,15H,3-6H2,1-2H3;7-8,12H,3-6H2,1-2H3. The highest BCUT2D eigenvalue weighted by Gasteiger charge is 2.54. The molecule has 6 nitrogen and oxygen atoms in total. The zero-order valence-electron chi connectivity index (χ0n) is 18.5. The monoisotopic (exact) mass is 458 g/mol. The lowest BCUT2D eigenvalue weighted by Crippen LogP contribution is -2.43. The lowest BCUT2D eigenvalue weighted by atomic mass is 9.91. The number of aliphatic hydroxyl groups is 2. The van der Waals surface area contributed by atoms with Gasteiger partial charge in [0.05, 0.1) is 12.2 Å². The molecule has 0 radical (unpaired) electrons. The summed E-state index contributed by atoms with van der Waals surface area (Å²) in [5.41, 5.74) is -4.48. The summed E-state index contributed by atoms with van der Waals surface area (Å²) in [5, 5.41) is 18.8. The van der Waals surface area contributed by atoms with Gasteiger partial charge in [-0.25, -0.2) is 9.18 Å². The van der Waals surface area contributed by atoms with Crippen molar-refractivity contribution in [1.29, 1.82) is 0 Å². The minimum atomic E-state index is -4.63. The molecule has 2 saturated carbocycles. The van der Waals surface area contributed by atoms with Crippen LogP contribution in [0.5, 0.6) is 0 Å². The molecule has 0 aromatic rings. The fourth-order valence-electron chi connectivity index (χ4n) is 3.13. The molecule has 2 rings (SSSR count). The summed E-state index contributed by atoms with van der Waals surface area (Å²) in [6.07, 6.45) is -1.86. The zero-order valence-corrected chi connectivity index (χ0v) is 18.5. The molecule has 0 saturated heterocycles. The quantitative estimate of drug-likeness (QED) is 0.489. The van der Waals surface area contributed by atoms with Gasteiger partial charge in [-0.15, -0.1) is 0 Å². The Bertz CT molecular complexity index is 600. The van der Waals surface area contributed by atoms with Crippen molar-refractivity contribution in [2.75, 3.05) is 0 Å². The number of ether oxygens (including phenoxy) is 2. The van der Waals surface area contributed by atoms with Gasteiger partial charge >= 0.3 is 18.1 Å². The molecule has 0 aliphatic heterocycles. The van der Waals surface area contributed by atoms with Crippen LogP contribution in [-0.4, -0.2) is 58.4 Å².